The molecule has 1 rings (SSSR count). The molecule has 1 saturated heterocycles. The summed E-state index contributed by atoms with van der Waals surface area (Å²) in [6.45, 7) is 5.37. The van der Waals surface area contributed by atoms with E-state index in [9.17, 15) is 4.79 Å². The highest BCUT2D eigenvalue weighted by atomic mass is 35.5. The Morgan fingerprint density at radius 2 is 2.21 bits per heavy atom. The molecule has 3 nitrogen and oxygen atoms in total. The van der Waals surface area contributed by atoms with E-state index in [4.69, 9.17) is 4.74 Å². The van der Waals surface area contributed by atoms with Crippen molar-refractivity contribution in [2.24, 2.45) is 0 Å². The molecule has 1 heterocycles. The van der Waals surface area contributed by atoms with E-state index < -0.39 is 0 Å². The Bertz CT molecular complexity index is 179. The second kappa shape index (κ2) is 6.25. The fourth-order valence-electron chi connectivity index (χ4n) is 1.99. The van der Waals surface area contributed by atoms with Crippen LogP contribution < -0.4 is 5.32 Å². The Morgan fingerprint density at radius 1 is 1.50 bits per heavy atom. The van der Waals surface area contributed by atoms with Crippen LogP contribution in [0.25, 0.3) is 0 Å². The van der Waals surface area contributed by atoms with Crippen molar-refractivity contribution >= 4 is 18.4 Å². The first-order valence-corrected chi connectivity index (χ1v) is 5.17. The average Bonchev–Trinajstić information content (AvgIpc) is 2.55. The van der Waals surface area contributed by atoms with Gasteiger partial charge in [-0.3, -0.25) is 4.79 Å². The maximum Gasteiger partial charge on any atom is 0.326 e. The van der Waals surface area contributed by atoms with Crippen molar-refractivity contribution in [1.29, 1.82) is 0 Å². The topological polar surface area (TPSA) is 38.3 Å². The lowest BCUT2D eigenvalue weighted by Crippen LogP contribution is -2.48. The first-order chi connectivity index (χ1) is 6.25. The van der Waals surface area contributed by atoms with Gasteiger partial charge in [0.25, 0.3) is 0 Å². The zero-order chi connectivity index (χ0) is 9.73. The molecule has 1 aliphatic heterocycles. The highest BCUT2D eigenvalue weighted by molar-refractivity contribution is 5.85. The van der Waals surface area contributed by atoms with E-state index in [2.05, 4.69) is 12.2 Å². The Kier molecular flexibility index (Phi) is 6.12. The highest BCUT2D eigenvalue weighted by Crippen LogP contribution is 2.25. The summed E-state index contributed by atoms with van der Waals surface area (Å²) in [6.07, 6.45) is 3.93. The fourth-order valence-corrected chi connectivity index (χ4v) is 1.99. The summed E-state index contributed by atoms with van der Waals surface area (Å²) in [6, 6.07) is 0. The minimum absolute atomic E-state index is 0. The molecule has 0 radical (unpaired) electrons. The standard InChI is InChI=1S/C10H19NO2.ClH/c1-3-6-10(7-5-8-11-10)9(12)13-4-2;/h11H,3-8H2,1-2H3;1H. The molecule has 0 bridgehead atoms. The van der Waals surface area contributed by atoms with Gasteiger partial charge in [-0.2, -0.15) is 0 Å². The molecule has 14 heavy (non-hydrogen) atoms. The van der Waals surface area contributed by atoms with Gasteiger partial charge in [-0.15, -0.1) is 12.4 Å². The molecule has 1 fully saturated rings. The molecule has 1 unspecified atom stereocenters. The fraction of sp³-hybridized carbons (Fsp3) is 0.900. The zero-order valence-corrected chi connectivity index (χ0v) is 9.78. The quantitative estimate of drug-likeness (QED) is 0.737. The van der Waals surface area contributed by atoms with Crippen LogP contribution in [0.15, 0.2) is 0 Å². The summed E-state index contributed by atoms with van der Waals surface area (Å²) in [5, 5.41) is 3.28. The van der Waals surface area contributed by atoms with Gasteiger partial charge in [0.2, 0.25) is 0 Å². The first-order valence-electron chi connectivity index (χ1n) is 5.17. The van der Waals surface area contributed by atoms with Crippen molar-refractivity contribution < 1.29 is 9.53 Å². The third-order valence-corrected chi connectivity index (χ3v) is 2.59. The molecule has 0 amide bonds. The summed E-state index contributed by atoms with van der Waals surface area (Å²) in [5.74, 6) is -0.0608. The van der Waals surface area contributed by atoms with Gasteiger partial charge in [0.05, 0.1) is 6.61 Å². The van der Waals surface area contributed by atoms with Crippen LogP contribution in [-0.4, -0.2) is 24.7 Å². The maximum absolute atomic E-state index is 11.7. The van der Waals surface area contributed by atoms with Crippen LogP contribution in [0.2, 0.25) is 0 Å². The molecule has 0 aromatic rings. The van der Waals surface area contributed by atoms with Crippen molar-refractivity contribution in [1.82, 2.24) is 5.32 Å². The van der Waals surface area contributed by atoms with Crippen molar-refractivity contribution in [3.63, 3.8) is 0 Å². The van der Waals surface area contributed by atoms with Crippen LogP contribution in [0.3, 0.4) is 0 Å². The van der Waals surface area contributed by atoms with Crippen LogP contribution >= 0.6 is 12.4 Å². The second-order valence-electron chi connectivity index (χ2n) is 3.58. The molecule has 84 valence electrons. The van der Waals surface area contributed by atoms with Gasteiger partial charge in [-0.1, -0.05) is 13.3 Å². The summed E-state index contributed by atoms with van der Waals surface area (Å²) in [7, 11) is 0. The number of nitrogens with one attached hydrogen (secondary N) is 1. The SMILES string of the molecule is CCCC1(C(=O)OCC)CCCN1.Cl. The van der Waals surface area contributed by atoms with E-state index in [1.54, 1.807) is 0 Å². The smallest absolute Gasteiger partial charge is 0.326 e. The molecule has 0 aliphatic carbocycles. The molecule has 0 spiro atoms. The highest BCUT2D eigenvalue weighted by Gasteiger charge is 2.41. The average molecular weight is 222 g/mol. The summed E-state index contributed by atoms with van der Waals surface area (Å²) in [5.41, 5.74) is -0.356. The molecule has 1 N–H and O–H groups in total. The summed E-state index contributed by atoms with van der Waals surface area (Å²) >= 11 is 0. The van der Waals surface area contributed by atoms with Gasteiger partial charge in [0.1, 0.15) is 5.54 Å². The Balaban J connectivity index is 0.00000169. The largest absolute Gasteiger partial charge is 0.465 e. The van der Waals surface area contributed by atoms with Gasteiger partial charge in [0.15, 0.2) is 0 Å². The van der Waals surface area contributed by atoms with E-state index in [1.807, 2.05) is 6.92 Å². The number of ether oxygens (including phenoxy) is 1. The van der Waals surface area contributed by atoms with Gasteiger partial charge in [-0.25, -0.2) is 0 Å². The third kappa shape index (κ3) is 2.85. The van der Waals surface area contributed by atoms with E-state index in [1.165, 1.54) is 0 Å². The number of carbonyl (C=O) groups excluding carboxylic acids is 1. The lowest BCUT2D eigenvalue weighted by Gasteiger charge is -2.26. The first kappa shape index (κ1) is 13.7. The van der Waals surface area contributed by atoms with Gasteiger partial charge in [-0.05, 0) is 32.7 Å². The number of hydrogen-bond donors (Lipinski definition) is 1. The predicted octanol–water partition coefficient (Wildman–Crippen LogP) is 1.89. The van der Waals surface area contributed by atoms with Crippen LogP contribution in [0.5, 0.6) is 0 Å². The number of esters is 1. The monoisotopic (exact) mass is 221 g/mol. The Morgan fingerprint density at radius 3 is 2.64 bits per heavy atom. The van der Waals surface area contributed by atoms with Gasteiger partial charge < -0.3 is 10.1 Å². The number of hydrogen-bond acceptors (Lipinski definition) is 3. The van der Waals surface area contributed by atoms with Crippen molar-refractivity contribution in [2.45, 2.75) is 45.1 Å². The third-order valence-electron chi connectivity index (χ3n) is 2.59. The molecule has 4 heteroatoms. The Hall–Kier alpha value is -0.280. The van der Waals surface area contributed by atoms with Crippen LogP contribution in [0.1, 0.15) is 39.5 Å². The molecular weight excluding hydrogens is 202 g/mol. The maximum atomic E-state index is 11.7. The van der Waals surface area contributed by atoms with Crippen LogP contribution in [-0.2, 0) is 9.53 Å². The lowest BCUT2D eigenvalue weighted by molar-refractivity contribution is -0.150. The number of halogens is 1. The van der Waals surface area contributed by atoms with E-state index in [0.717, 1.165) is 32.2 Å². The zero-order valence-electron chi connectivity index (χ0n) is 8.97. The van der Waals surface area contributed by atoms with Crippen molar-refractivity contribution in [2.75, 3.05) is 13.2 Å². The molecule has 0 aromatic carbocycles. The molecule has 1 aliphatic rings. The van der Waals surface area contributed by atoms with E-state index in [-0.39, 0.29) is 23.9 Å². The van der Waals surface area contributed by atoms with Crippen molar-refractivity contribution in [3.8, 4) is 0 Å². The summed E-state index contributed by atoms with van der Waals surface area (Å²) in [4.78, 5) is 11.7. The number of rotatable bonds is 4. The van der Waals surface area contributed by atoms with E-state index >= 15 is 0 Å². The molecule has 1 atom stereocenters. The van der Waals surface area contributed by atoms with Gasteiger partial charge >= 0.3 is 5.97 Å². The second-order valence-corrected chi connectivity index (χ2v) is 3.58. The van der Waals surface area contributed by atoms with Crippen LogP contribution in [0.4, 0.5) is 0 Å². The minimum atomic E-state index is -0.356. The Labute approximate surface area is 92.0 Å². The van der Waals surface area contributed by atoms with Crippen LogP contribution in [0, 0.1) is 0 Å². The summed E-state index contributed by atoms with van der Waals surface area (Å²) < 4.78 is 5.08. The molecule has 0 aromatic heterocycles. The lowest BCUT2D eigenvalue weighted by atomic mass is 9.92. The normalized spacial score (nSPS) is 25.6. The molecule has 0 saturated carbocycles. The minimum Gasteiger partial charge on any atom is -0.465 e. The predicted molar refractivity (Wildman–Crippen MR) is 58.8 cm³/mol. The van der Waals surface area contributed by atoms with Crippen molar-refractivity contribution in [3.05, 3.63) is 0 Å². The van der Waals surface area contributed by atoms with E-state index in [0.29, 0.717) is 6.61 Å². The number of carbonyl (C=O) groups is 1. The molecular formula is C10H20ClNO2. The van der Waals surface area contributed by atoms with Gasteiger partial charge in [0, 0.05) is 0 Å².